The van der Waals surface area contributed by atoms with E-state index in [-0.39, 0.29) is 17.5 Å². The van der Waals surface area contributed by atoms with Crippen LogP contribution in [-0.2, 0) is 15.0 Å². The van der Waals surface area contributed by atoms with Crippen molar-refractivity contribution in [2.24, 2.45) is 11.3 Å². The lowest BCUT2D eigenvalue weighted by Gasteiger charge is -2.38. The molecule has 3 aliphatic heterocycles. The number of rotatable bonds is 3. The number of fused-ring (bicyclic) bond motifs is 6. The number of thiophene rings is 1. The van der Waals surface area contributed by atoms with Crippen LogP contribution in [0.4, 0.5) is 11.4 Å². The normalized spacial score (nSPS) is 26.3. The molecule has 0 aliphatic carbocycles. The standard InChI is InChI=1S/C29H26N2O3S/c1-28(2,3)26(33)24-23(25(32)21-13-8-16-35-21)29(18-10-5-6-11-19(18)30-27(29)34)22-15-14-17-9-4-7-12-20(17)31(22)24/h4-16,22-24H,1-3H3,(H,30,34)/t22-,23-,24+,29+/m1/s1. The highest BCUT2D eigenvalue weighted by Gasteiger charge is 2.70. The summed E-state index contributed by atoms with van der Waals surface area (Å²) in [7, 11) is 0. The number of para-hydroxylation sites is 2. The maximum absolute atomic E-state index is 14.3. The summed E-state index contributed by atoms with van der Waals surface area (Å²) in [5, 5.41) is 4.92. The minimum Gasteiger partial charge on any atom is -0.352 e. The van der Waals surface area contributed by atoms with Crippen molar-refractivity contribution >= 4 is 46.3 Å². The number of hydrogen-bond acceptors (Lipinski definition) is 5. The molecular formula is C29H26N2O3S. The van der Waals surface area contributed by atoms with Crippen LogP contribution in [0.2, 0.25) is 0 Å². The zero-order chi connectivity index (χ0) is 24.5. The van der Waals surface area contributed by atoms with E-state index in [1.807, 2.05) is 92.9 Å². The Morgan fingerprint density at radius 1 is 1.00 bits per heavy atom. The Bertz CT molecular complexity index is 1400. The van der Waals surface area contributed by atoms with Crippen molar-refractivity contribution in [2.75, 3.05) is 10.2 Å². The Morgan fingerprint density at radius 3 is 2.49 bits per heavy atom. The fourth-order valence-electron chi connectivity index (χ4n) is 6.14. The second-order valence-electron chi connectivity index (χ2n) is 10.5. The van der Waals surface area contributed by atoms with Gasteiger partial charge >= 0.3 is 0 Å². The first-order valence-corrected chi connectivity index (χ1v) is 12.7. The van der Waals surface area contributed by atoms with Crippen LogP contribution in [0, 0.1) is 11.3 Å². The van der Waals surface area contributed by atoms with Gasteiger partial charge in [-0.25, -0.2) is 0 Å². The van der Waals surface area contributed by atoms with Gasteiger partial charge in [-0.2, -0.15) is 0 Å². The third kappa shape index (κ3) is 2.89. The monoisotopic (exact) mass is 482 g/mol. The maximum atomic E-state index is 14.3. The number of nitrogens with one attached hydrogen (secondary N) is 1. The van der Waals surface area contributed by atoms with Gasteiger partial charge in [0.1, 0.15) is 11.5 Å². The molecule has 35 heavy (non-hydrogen) atoms. The molecule has 1 saturated heterocycles. The summed E-state index contributed by atoms with van der Waals surface area (Å²) in [5.41, 5.74) is 1.40. The lowest BCUT2D eigenvalue weighted by Crippen LogP contribution is -2.51. The van der Waals surface area contributed by atoms with E-state index in [0.717, 1.165) is 16.8 Å². The van der Waals surface area contributed by atoms with Gasteiger partial charge in [0.05, 0.1) is 16.8 Å². The number of ketones is 2. The third-order valence-electron chi connectivity index (χ3n) is 7.60. The Kier molecular flexibility index (Phi) is 4.71. The van der Waals surface area contributed by atoms with Crippen LogP contribution in [0.1, 0.15) is 41.6 Å². The summed E-state index contributed by atoms with van der Waals surface area (Å²) >= 11 is 1.35. The molecule has 1 amide bonds. The van der Waals surface area contributed by atoms with Crippen molar-refractivity contribution < 1.29 is 14.4 Å². The van der Waals surface area contributed by atoms with Crippen molar-refractivity contribution in [3.8, 4) is 0 Å². The molecule has 5 nitrogen and oxygen atoms in total. The fraction of sp³-hybridized carbons (Fsp3) is 0.276. The van der Waals surface area contributed by atoms with Gasteiger partial charge in [0.25, 0.3) is 0 Å². The van der Waals surface area contributed by atoms with Gasteiger partial charge in [0, 0.05) is 16.8 Å². The van der Waals surface area contributed by atoms with Gasteiger partial charge in [-0.15, -0.1) is 11.3 Å². The molecule has 6 rings (SSSR count). The lowest BCUT2D eigenvalue weighted by molar-refractivity contribution is -0.128. The van der Waals surface area contributed by atoms with Crippen LogP contribution in [0.15, 0.2) is 72.1 Å². The maximum Gasteiger partial charge on any atom is 0.238 e. The van der Waals surface area contributed by atoms with Crippen LogP contribution < -0.4 is 10.2 Å². The average Bonchev–Trinajstić information content (AvgIpc) is 3.55. The number of hydrogen-bond donors (Lipinski definition) is 1. The molecule has 1 fully saturated rings. The van der Waals surface area contributed by atoms with Gasteiger partial charge in [-0.05, 0) is 34.7 Å². The smallest absolute Gasteiger partial charge is 0.238 e. The van der Waals surface area contributed by atoms with Crippen LogP contribution in [0.25, 0.3) is 6.08 Å². The summed E-state index contributed by atoms with van der Waals surface area (Å²) < 4.78 is 0. The molecule has 176 valence electrons. The van der Waals surface area contributed by atoms with E-state index < -0.39 is 28.8 Å². The quantitative estimate of drug-likeness (QED) is 0.512. The molecule has 6 heteroatoms. The number of nitrogens with zero attached hydrogens (tertiary/aromatic N) is 1. The fourth-order valence-corrected chi connectivity index (χ4v) is 6.84. The van der Waals surface area contributed by atoms with E-state index >= 15 is 0 Å². The van der Waals surface area contributed by atoms with Crippen molar-refractivity contribution in [2.45, 2.75) is 38.3 Å². The second kappa shape index (κ2) is 7.49. The predicted molar refractivity (Wildman–Crippen MR) is 139 cm³/mol. The Morgan fingerprint density at radius 2 is 1.74 bits per heavy atom. The Hall–Kier alpha value is -3.51. The molecule has 0 saturated carbocycles. The number of benzene rings is 2. The van der Waals surface area contributed by atoms with E-state index in [4.69, 9.17) is 0 Å². The topological polar surface area (TPSA) is 66.5 Å². The van der Waals surface area contributed by atoms with Gasteiger partial charge in [-0.1, -0.05) is 75.4 Å². The molecular weight excluding hydrogens is 456 g/mol. The van der Waals surface area contributed by atoms with E-state index in [1.165, 1.54) is 11.3 Å². The van der Waals surface area contributed by atoms with E-state index in [1.54, 1.807) is 6.07 Å². The minimum absolute atomic E-state index is 0.0448. The van der Waals surface area contributed by atoms with E-state index in [0.29, 0.717) is 10.6 Å². The molecule has 0 bridgehead atoms. The van der Waals surface area contributed by atoms with E-state index in [9.17, 15) is 14.4 Å². The summed E-state index contributed by atoms with van der Waals surface area (Å²) in [6.45, 7) is 5.66. The molecule has 3 aliphatic rings. The molecule has 0 radical (unpaired) electrons. The van der Waals surface area contributed by atoms with Crippen LogP contribution in [0.5, 0.6) is 0 Å². The van der Waals surface area contributed by atoms with E-state index in [2.05, 4.69) is 10.2 Å². The zero-order valence-electron chi connectivity index (χ0n) is 19.8. The average molecular weight is 483 g/mol. The van der Waals surface area contributed by atoms with Gasteiger partial charge in [-0.3, -0.25) is 14.4 Å². The Labute approximate surface area is 208 Å². The first-order valence-electron chi connectivity index (χ1n) is 11.8. The van der Waals surface area contributed by atoms with Crippen molar-refractivity contribution in [3.63, 3.8) is 0 Å². The molecule has 1 spiro atoms. The van der Waals surface area contributed by atoms with Crippen molar-refractivity contribution in [1.29, 1.82) is 0 Å². The summed E-state index contributed by atoms with van der Waals surface area (Å²) in [4.78, 5) is 45.3. The Balaban J connectivity index is 1.69. The highest BCUT2D eigenvalue weighted by molar-refractivity contribution is 7.12. The second-order valence-corrected chi connectivity index (χ2v) is 11.5. The number of anilines is 2. The van der Waals surface area contributed by atoms with Gasteiger partial charge < -0.3 is 10.2 Å². The highest BCUT2D eigenvalue weighted by Crippen LogP contribution is 2.58. The molecule has 4 heterocycles. The van der Waals surface area contributed by atoms with Crippen molar-refractivity contribution in [3.05, 3.63) is 88.1 Å². The minimum atomic E-state index is -1.23. The van der Waals surface area contributed by atoms with Crippen molar-refractivity contribution in [1.82, 2.24) is 0 Å². The number of Topliss-reactive ketones (excluding diaryl/α,β-unsaturated/α-hetero) is 2. The SMILES string of the molecule is CC(C)(C)C(=O)[C@@H]1[C@H](C(=O)c2cccs2)[C@@]2(C(=O)Nc3ccccc32)[C@H]2C=Cc3ccccc3N12. The van der Waals surface area contributed by atoms with Gasteiger partial charge in [0.15, 0.2) is 11.6 Å². The molecule has 4 atom stereocenters. The summed E-state index contributed by atoms with van der Waals surface area (Å²) in [5.74, 6) is -1.31. The highest BCUT2D eigenvalue weighted by atomic mass is 32.1. The first-order chi connectivity index (χ1) is 16.8. The largest absolute Gasteiger partial charge is 0.352 e. The predicted octanol–water partition coefficient (Wildman–Crippen LogP) is 5.34. The molecule has 3 aromatic rings. The zero-order valence-corrected chi connectivity index (χ0v) is 20.6. The molecule has 0 unspecified atom stereocenters. The number of amides is 1. The first kappa shape index (κ1) is 22.0. The van der Waals surface area contributed by atoms with Crippen LogP contribution in [0.3, 0.4) is 0 Å². The summed E-state index contributed by atoms with van der Waals surface area (Å²) in [6, 6.07) is 17.8. The number of carbonyl (C=O) groups is 3. The van der Waals surface area contributed by atoms with Crippen LogP contribution in [-0.4, -0.2) is 29.6 Å². The number of carbonyl (C=O) groups excluding carboxylic acids is 3. The molecule has 2 aromatic carbocycles. The molecule has 1 aromatic heterocycles. The third-order valence-corrected chi connectivity index (χ3v) is 8.48. The van der Waals surface area contributed by atoms with Gasteiger partial charge in [0.2, 0.25) is 5.91 Å². The van der Waals surface area contributed by atoms with Crippen LogP contribution >= 0.6 is 11.3 Å². The molecule has 1 N–H and O–H groups in total. The lowest BCUT2D eigenvalue weighted by atomic mass is 9.64. The summed E-state index contributed by atoms with van der Waals surface area (Å²) in [6.07, 6.45) is 4.03.